The van der Waals surface area contributed by atoms with E-state index in [9.17, 15) is 0 Å². The number of hydrogen-bond acceptors (Lipinski definition) is 1. The predicted octanol–water partition coefficient (Wildman–Crippen LogP) is 2.87. The normalized spacial score (nSPS) is 40.8. The Kier molecular flexibility index (Phi) is 1.24. The Labute approximate surface area is 79.2 Å². The fourth-order valence-electron chi connectivity index (χ4n) is 3.39. The average molecular weight is 173 g/mol. The van der Waals surface area contributed by atoms with Crippen LogP contribution < -0.4 is 0 Å². The minimum Gasteiger partial charge on any atom is -0.264 e. The average Bonchev–Trinajstić information content (AvgIpc) is 2.55. The first-order valence-corrected chi connectivity index (χ1v) is 5.18. The summed E-state index contributed by atoms with van der Waals surface area (Å²) in [6, 6.07) is 2.22. The largest absolute Gasteiger partial charge is 0.264 e. The van der Waals surface area contributed by atoms with Gasteiger partial charge in [0, 0.05) is 12.4 Å². The maximum absolute atomic E-state index is 4.25. The van der Waals surface area contributed by atoms with Gasteiger partial charge in [0.05, 0.1) is 0 Å². The van der Waals surface area contributed by atoms with Gasteiger partial charge in [-0.3, -0.25) is 4.98 Å². The Hall–Kier alpha value is -0.850. The van der Waals surface area contributed by atoms with E-state index in [1.165, 1.54) is 18.4 Å². The third-order valence-corrected chi connectivity index (χ3v) is 4.45. The summed E-state index contributed by atoms with van der Waals surface area (Å²) in [7, 11) is 0. The maximum Gasteiger partial charge on any atom is 0.0308 e. The zero-order valence-electron chi connectivity index (χ0n) is 8.25. The van der Waals surface area contributed by atoms with Crippen molar-refractivity contribution in [2.45, 2.75) is 38.0 Å². The van der Waals surface area contributed by atoms with Crippen LogP contribution in [-0.4, -0.2) is 4.98 Å². The summed E-state index contributed by atoms with van der Waals surface area (Å²) in [5.74, 6) is 1.65. The Morgan fingerprint density at radius 1 is 1.54 bits per heavy atom. The highest BCUT2D eigenvalue weighted by Gasteiger charge is 2.51. The standard InChI is InChI=1S/C12H15N/c1-8-9-3-5-12(8,2)11-7-13-6-4-10(9)11/h4,6-9H,3,5H2,1-2H3. The van der Waals surface area contributed by atoms with E-state index in [0.717, 1.165) is 11.8 Å². The lowest BCUT2D eigenvalue weighted by atomic mass is 9.79. The first-order chi connectivity index (χ1) is 6.23. The first kappa shape index (κ1) is 7.54. The van der Waals surface area contributed by atoms with Gasteiger partial charge in [-0.1, -0.05) is 13.8 Å². The molecule has 0 aliphatic heterocycles. The molecular weight excluding hydrogens is 158 g/mol. The molecule has 1 fully saturated rings. The van der Waals surface area contributed by atoms with E-state index in [1.54, 1.807) is 5.56 Å². The van der Waals surface area contributed by atoms with Crippen molar-refractivity contribution in [2.24, 2.45) is 5.92 Å². The van der Waals surface area contributed by atoms with E-state index in [2.05, 4.69) is 31.1 Å². The van der Waals surface area contributed by atoms with Crippen molar-refractivity contribution in [2.75, 3.05) is 0 Å². The van der Waals surface area contributed by atoms with Crippen molar-refractivity contribution in [3.63, 3.8) is 0 Å². The van der Waals surface area contributed by atoms with Crippen LogP contribution in [0.5, 0.6) is 0 Å². The second-order valence-corrected chi connectivity index (χ2v) is 4.81. The molecule has 3 unspecified atom stereocenters. The van der Waals surface area contributed by atoms with Crippen LogP contribution in [0.25, 0.3) is 0 Å². The molecule has 3 rings (SSSR count). The van der Waals surface area contributed by atoms with Gasteiger partial charge < -0.3 is 0 Å². The molecule has 2 aliphatic carbocycles. The summed E-state index contributed by atoms with van der Waals surface area (Å²) in [4.78, 5) is 4.25. The molecule has 1 aromatic heterocycles. The zero-order chi connectivity index (χ0) is 9.05. The van der Waals surface area contributed by atoms with Crippen LogP contribution in [0.4, 0.5) is 0 Å². The maximum atomic E-state index is 4.25. The molecule has 0 aromatic carbocycles. The van der Waals surface area contributed by atoms with Gasteiger partial charge in [0.2, 0.25) is 0 Å². The third kappa shape index (κ3) is 0.714. The van der Waals surface area contributed by atoms with Gasteiger partial charge in [-0.05, 0) is 47.3 Å². The van der Waals surface area contributed by atoms with E-state index < -0.39 is 0 Å². The van der Waals surface area contributed by atoms with Gasteiger partial charge in [-0.25, -0.2) is 0 Å². The quantitative estimate of drug-likeness (QED) is 0.588. The Bertz CT molecular complexity index is 358. The van der Waals surface area contributed by atoms with Gasteiger partial charge in [0.25, 0.3) is 0 Å². The van der Waals surface area contributed by atoms with E-state index in [-0.39, 0.29) is 0 Å². The molecule has 2 aliphatic rings. The van der Waals surface area contributed by atoms with Crippen LogP contribution >= 0.6 is 0 Å². The molecule has 1 saturated carbocycles. The van der Waals surface area contributed by atoms with Gasteiger partial charge in [-0.15, -0.1) is 0 Å². The van der Waals surface area contributed by atoms with Gasteiger partial charge in [0.1, 0.15) is 0 Å². The first-order valence-electron chi connectivity index (χ1n) is 5.18. The molecule has 0 radical (unpaired) electrons. The summed E-state index contributed by atoms with van der Waals surface area (Å²) < 4.78 is 0. The molecule has 0 spiro atoms. The summed E-state index contributed by atoms with van der Waals surface area (Å²) in [6.45, 7) is 4.81. The molecule has 0 N–H and O–H groups in total. The van der Waals surface area contributed by atoms with Crippen LogP contribution in [0.15, 0.2) is 18.5 Å². The minimum atomic E-state index is 0.439. The van der Waals surface area contributed by atoms with Crippen LogP contribution in [0.3, 0.4) is 0 Å². The molecule has 0 saturated heterocycles. The lowest BCUT2D eigenvalue weighted by molar-refractivity contribution is 0.385. The summed E-state index contributed by atoms with van der Waals surface area (Å²) >= 11 is 0. The van der Waals surface area contributed by atoms with E-state index in [0.29, 0.717) is 5.41 Å². The fraction of sp³-hybridized carbons (Fsp3) is 0.583. The molecule has 2 bridgehead atoms. The van der Waals surface area contributed by atoms with Gasteiger partial charge in [-0.2, -0.15) is 0 Å². The number of pyridine rings is 1. The number of fused-ring (bicyclic) bond motifs is 5. The topological polar surface area (TPSA) is 12.9 Å². The highest BCUT2D eigenvalue weighted by Crippen LogP contribution is 2.60. The molecule has 1 aromatic rings. The van der Waals surface area contributed by atoms with Gasteiger partial charge in [0.15, 0.2) is 0 Å². The Balaban J connectivity index is 2.27. The Morgan fingerprint density at radius 3 is 3.15 bits per heavy atom. The summed E-state index contributed by atoms with van der Waals surface area (Å²) in [6.07, 6.45) is 6.77. The minimum absolute atomic E-state index is 0.439. The van der Waals surface area contributed by atoms with E-state index in [4.69, 9.17) is 0 Å². The van der Waals surface area contributed by atoms with Crippen molar-refractivity contribution >= 4 is 0 Å². The number of nitrogens with zero attached hydrogens (tertiary/aromatic N) is 1. The van der Waals surface area contributed by atoms with Crippen molar-refractivity contribution in [1.82, 2.24) is 4.98 Å². The van der Waals surface area contributed by atoms with Crippen LogP contribution in [0.1, 0.15) is 43.7 Å². The summed E-state index contributed by atoms with van der Waals surface area (Å²) in [5, 5.41) is 0. The smallest absolute Gasteiger partial charge is 0.0308 e. The number of rotatable bonds is 0. The third-order valence-electron chi connectivity index (χ3n) is 4.45. The van der Waals surface area contributed by atoms with Gasteiger partial charge >= 0.3 is 0 Å². The van der Waals surface area contributed by atoms with Crippen molar-refractivity contribution in [3.05, 3.63) is 29.6 Å². The predicted molar refractivity (Wildman–Crippen MR) is 52.7 cm³/mol. The molecule has 1 heteroatoms. The summed E-state index contributed by atoms with van der Waals surface area (Å²) in [5.41, 5.74) is 3.55. The lowest BCUT2D eigenvalue weighted by Crippen LogP contribution is -2.21. The number of aromatic nitrogens is 1. The lowest BCUT2D eigenvalue weighted by Gasteiger charge is -2.25. The Morgan fingerprint density at radius 2 is 2.38 bits per heavy atom. The van der Waals surface area contributed by atoms with Crippen LogP contribution in [0, 0.1) is 5.92 Å². The molecule has 0 amide bonds. The molecule has 1 heterocycles. The number of hydrogen-bond donors (Lipinski definition) is 0. The highest BCUT2D eigenvalue weighted by molar-refractivity contribution is 5.44. The monoisotopic (exact) mass is 173 g/mol. The molecular formula is C12H15N. The zero-order valence-corrected chi connectivity index (χ0v) is 8.25. The SMILES string of the molecule is CC1C2CCC1(C)c1cnccc12. The van der Waals surface area contributed by atoms with Crippen molar-refractivity contribution in [3.8, 4) is 0 Å². The van der Waals surface area contributed by atoms with Crippen molar-refractivity contribution in [1.29, 1.82) is 0 Å². The molecule has 13 heavy (non-hydrogen) atoms. The molecule has 3 atom stereocenters. The van der Waals surface area contributed by atoms with E-state index >= 15 is 0 Å². The highest BCUT2D eigenvalue weighted by atomic mass is 14.7. The van der Waals surface area contributed by atoms with Crippen LogP contribution in [0.2, 0.25) is 0 Å². The fourth-order valence-corrected chi connectivity index (χ4v) is 3.39. The van der Waals surface area contributed by atoms with Crippen LogP contribution in [-0.2, 0) is 5.41 Å². The van der Waals surface area contributed by atoms with Crippen molar-refractivity contribution < 1.29 is 0 Å². The second kappa shape index (κ2) is 2.14. The molecule has 1 nitrogen and oxygen atoms in total. The molecule has 68 valence electrons. The second-order valence-electron chi connectivity index (χ2n) is 4.81. The van der Waals surface area contributed by atoms with E-state index in [1.807, 2.05) is 6.20 Å².